The smallest absolute Gasteiger partial charge is 0.328 e. The van der Waals surface area contributed by atoms with Crippen molar-refractivity contribution in [3.05, 3.63) is 30.0 Å². The molecule has 0 saturated heterocycles. The zero-order chi connectivity index (χ0) is 17.5. The van der Waals surface area contributed by atoms with Gasteiger partial charge in [0.2, 0.25) is 0 Å². The molecule has 5 N–H and O–H groups in total. The number of H-pyrrole nitrogens is 1. The van der Waals surface area contributed by atoms with Crippen molar-refractivity contribution in [2.75, 3.05) is 27.2 Å². The van der Waals surface area contributed by atoms with Gasteiger partial charge in [0.25, 0.3) is 0 Å². The van der Waals surface area contributed by atoms with Crippen molar-refractivity contribution in [3.8, 4) is 5.75 Å². The topological polar surface area (TPSA) is 97.4 Å². The zero-order valence-corrected chi connectivity index (χ0v) is 14.5. The van der Waals surface area contributed by atoms with Crippen molar-refractivity contribution in [3.63, 3.8) is 0 Å². The number of aromatic amines is 1. The number of rotatable bonds is 9. The summed E-state index contributed by atoms with van der Waals surface area (Å²) in [5, 5.41) is 0.960. The number of nitrogens with zero attached hydrogens (tertiary/aromatic N) is 1. The van der Waals surface area contributed by atoms with Crippen LogP contribution in [0.25, 0.3) is 10.9 Å². The minimum absolute atomic E-state index is 0.390. The molecular weight excluding hydrogens is 304 g/mol. The van der Waals surface area contributed by atoms with Crippen molar-refractivity contribution >= 4 is 16.9 Å². The molecule has 0 bridgehead atoms. The molecule has 0 unspecified atom stereocenters. The highest BCUT2D eigenvalue weighted by atomic mass is 16.5. The van der Waals surface area contributed by atoms with Crippen LogP contribution < -0.4 is 16.2 Å². The van der Waals surface area contributed by atoms with Crippen LogP contribution in [0.2, 0.25) is 0 Å². The number of ether oxygens (including phenoxy) is 1. The van der Waals surface area contributed by atoms with E-state index in [0.29, 0.717) is 18.7 Å². The summed E-state index contributed by atoms with van der Waals surface area (Å²) in [5.41, 5.74) is 13.5. The fourth-order valence-electron chi connectivity index (χ4n) is 2.66. The molecule has 2 aromatic rings. The van der Waals surface area contributed by atoms with Gasteiger partial charge in [-0.05, 0) is 57.6 Å². The maximum absolute atomic E-state index is 12.3. The van der Waals surface area contributed by atoms with Crippen LogP contribution in [0.3, 0.4) is 0 Å². The first-order chi connectivity index (χ1) is 11.5. The predicted molar refractivity (Wildman–Crippen MR) is 97.1 cm³/mol. The lowest BCUT2D eigenvalue weighted by molar-refractivity contribution is -0.135. The first-order valence-electron chi connectivity index (χ1n) is 8.44. The third-order valence-corrected chi connectivity index (χ3v) is 4.06. The molecule has 1 atom stereocenters. The lowest BCUT2D eigenvalue weighted by atomic mass is 10.1. The van der Waals surface area contributed by atoms with E-state index in [1.54, 1.807) is 0 Å². The second-order valence-corrected chi connectivity index (χ2v) is 6.36. The minimum Gasteiger partial charge on any atom is -0.425 e. The number of unbranched alkanes of at least 4 members (excludes halogenated alkanes) is 1. The maximum Gasteiger partial charge on any atom is 0.328 e. The molecule has 6 heteroatoms. The summed E-state index contributed by atoms with van der Waals surface area (Å²) in [6.45, 7) is 1.54. The van der Waals surface area contributed by atoms with Crippen LogP contribution in [0, 0.1) is 0 Å². The van der Waals surface area contributed by atoms with Crippen LogP contribution >= 0.6 is 0 Å². The number of carbonyl (C=O) groups is 1. The van der Waals surface area contributed by atoms with Gasteiger partial charge in [-0.1, -0.05) is 12.5 Å². The summed E-state index contributed by atoms with van der Waals surface area (Å²) in [6, 6.07) is 5.06. The molecule has 0 aliphatic rings. The third kappa shape index (κ3) is 4.80. The summed E-state index contributed by atoms with van der Waals surface area (Å²) in [4.78, 5) is 17.6. The Morgan fingerprint density at radius 2 is 2.12 bits per heavy atom. The van der Waals surface area contributed by atoms with Crippen LogP contribution in [0.15, 0.2) is 24.4 Å². The molecule has 0 aliphatic heterocycles. The van der Waals surface area contributed by atoms with Crippen LogP contribution in [0.4, 0.5) is 0 Å². The number of benzene rings is 1. The molecule has 1 heterocycles. The van der Waals surface area contributed by atoms with Crippen molar-refractivity contribution in [2.24, 2.45) is 11.5 Å². The normalized spacial score (nSPS) is 12.7. The quantitative estimate of drug-likeness (QED) is 0.368. The molecule has 1 aromatic carbocycles. The van der Waals surface area contributed by atoms with Crippen molar-refractivity contribution < 1.29 is 9.53 Å². The Labute approximate surface area is 143 Å². The number of likely N-dealkylation sites (N-methyl/N-ethyl adjacent to an activating group) is 1. The molecule has 1 aromatic heterocycles. The Morgan fingerprint density at radius 1 is 1.33 bits per heavy atom. The number of aromatic nitrogens is 1. The molecule has 0 aliphatic carbocycles. The van der Waals surface area contributed by atoms with Gasteiger partial charge in [-0.3, -0.25) is 0 Å². The molecule has 132 valence electrons. The molecule has 0 amide bonds. The molecule has 0 saturated carbocycles. The highest BCUT2D eigenvalue weighted by Crippen LogP contribution is 2.29. The van der Waals surface area contributed by atoms with Gasteiger partial charge in [-0.25, -0.2) is 4.79 Å². The molecular formula is C18H28N4O2. The van der Waals surface area contributed by atoms with Gasteiger partial charge >= 0.3 is 5.97 Å². The van der Waals surface area contributed by atoms with Gasteiger partial charge in [0.15, 0.2) is 0 Å². The van der Waals surface area contributed by atoms with E-state index in [4.69, 9.17) is 16.2 Å². The first-order valence-corrected chi connectivity index (χ1v) is 8.44. The Hall–Kier alpha value is -1.89. The van der Waals surface area contributed by atoms with Crippen molar-refractivity contribution in [1.29, 1.82) is 0 Å². The molecule has 6 nitrogen and oxygen atoms in total. The van der Waals surface area contributed by atoms with Crippen LogP contribution in [-0.2, 0) is 11.2 Å². The third-order valence-electron chi connectivity index (χ3n) is 4.06. The summed E-state index contributed by atoms with van der Waals surface area (Å²) >= 11 is 0. The number of hydrogen-bond acceptors (Lipinski definition) is 5. The number of nitrogens with two attached hydrogens (primary N) is 2. The maximum atomic E-state index is 12.3. The van der Waals surface area contributed by atoms with Crippen LogP contribution in [0.1, 0.15) is 24.8 Å². The lowest BCUT2D eigenvalue weighted by Gasteiger charge is -2.13. The summed E-state index contributed by atoms with van der Waals surface area (Å²) < 4.78 is 5.60. The Morgan fingerprint density at radius 3 is 2.83 bits per heavy atom. The molecule has 24 heavy (non-hydrogen) atoms. The van der Waals surface area contributed by atoms with Crippen LogP contribution in [0.5, 0.6) is 5.75 Å². The fraction of sp³-hybridized carbons (Fsp3) is 0.500. The molecule has 0 spiro atoms. The molecule has 0 fully saturated rings. The minimum atomic E-state index is -0.615. The van der Waals surface area contributed by atoms with E-state index < -0.39 is 6.04 Å². The van der Waals surface area contributed by atoms with E-state index in [-0.39, 0.29) is 5.97 Å². The number of fused-ring (bicyclic) bond motifs is 1. The van der Waals surface area contributed by atoms with E-state index in [9.17, 15) is 4.79 Å². The molecule has 2 rings (SSSR count). The van der Waals surface area contributed by atoms with E-state index in [0.717, 1.165) is 42.3 Å². The van der Waals surface area contributed by atoms with E-state index in [2.05, 4.69) is 9.88 Å². The number of nitrogens with one attached hydrogen (secondary N) is 1. The van der Waals surface area contributed by atoms with E-state index >= 15 is 0 Å². The summed E-state index contributed by atoms with van der Waals surface area (Å²) in [5.74, 6) is 0.182. The van der Waals surface area contributed by atoms with Gasteiger partial charge in [-0.15, -0.1) is 0 Å². The monoisotopic (exact) mass is 332 g/mol. The average molecular weight is 332 g/mol. The number of esters is 1. The largest absolute Gasteiger partial charge is 0.425 e. The fourth-order valence-corrected chi connectivity index (χ4v) is 2.66. The number of carbonyl (C=O) groups excluding carboxylic acids is 1. The Bertz CT molecular complexity index is 666. The molecule has 0 radical (unpaired) electrons. The van der Waals surface area contributed by atoms with Gasteiger partial charge in [0.05, 0.1) is 0 Å². The van der Waals surface area contributed by atoms with Gasteiger partial charge in [0.1, 0.15) is 11.8 Å². The van der Waals surface area contributed by atoms with E-state index in [1.807, 2.05) is 38.5 Å². The van der Waals surface area contributed by atoms with Crippen molar-refractivity contribution in [2.45, 2.75) is 31.7 Å². The predicted octanol–water partition coefficient (Wildman–Crippen LogP) is 1.63. The van der Waals surface area contributed by atoms with Crippen molar-refractivity contribution in [1.82, 2.24) is 9.88 Å². The summed E-state index contributed by atoms with van der Waals surface area (Å²) in [7, 11) is 4.08. The van der Waals surface area contributed by atoms with Gasteiger partial charge in [0, 0.05) is 23.6 Å². The number of hydrogen-bond donors (Lipinski definition) is 3. The Kier molecular flexibility index (Phi) is 6.78. The standard InChI is InChI=1S/C18H28N4O2/c1-22(2)11-9-13-12-21-15-7-5-8-16(17(13)15)24-18(23)14(20)6-3-4-10-19/h5,7-8,12,14,21H,3-4,6,9-11,19-20H2,1-2H3/t14-/m0/s1. The summed E-state index contributed by atoms with van der Waals surface area (Å²) in [6.07, 6.45) is 5.14. The second-order valence-electron chi connectivity index (χ2n) is 6.36. The second kappa shape index (κ2) is 8.82. The van der Waals surface area contributed by atoms with Crippen LogP contribution in [-0.4, -0.2) is 49.1 Å². The highest BCUT2D eigenvalue weighted by molar-refractivity contribution is 5.92. The van der Waals surface area contributed by atoms with Gasteiger partial charge in [-0.2, -0.15) is 0 Å². The SMILES string of the molecule is CN(C)CCc1c[nH]c2cccc(OC(=O)[C@@H](N)CCCCN)c12. The van der Waals surface area contributed by atoms with E-state index in [1.165, 1.54) is 0 Å². The highest BCUT2D eigenvalue weighted by Gasteiger charge is 2.18. The lowest BCUT2D eigenvalue weighted by Crippen LogP contribution is -2.34. The zero-order valence-electron chi connectivity index (χ0n) is 14.5. The first kappa shape index (κ1) is 18.4. The average Bonchev–Trinajstić information content (AvgIpc) is 2.97. The Balaban J connectivity index is 2.13. The van der Waals surface area contributed by atoms with Gasteiger partial charge < -0.3 is 26.1 Å².